The van der Waals surface area contributed by atoms with Gasteiger partial charge in [0.1, 0.15) is 11.2 Å². The summed E-state index contributed by atoms with van der Waals surface area (Å²) in [5.41, 5.74) is 1.75. The van der Waals surface area contributed by atoms with Gasteiger partial charge in [0.15, 0.2) is 5.75 Å². The highest BCUT2D eigenvalue weighted by Gasteiger charge is 2.32. The quantitative estimate of drug-likeness (QED) is 0.627. The highest BCUT2D eigenvalue weighted by Crippen LogP contribution is 2.41. The lowest BCUT2D eigenvalue weighted by molar-refractivity contribution is -0.117. The van der Waals surface area contributed by atoms with Crippen molar-refractivity contribution in [3.8, 4) is 5.75 Å². The van der Waals surface area contributed by atoms with Crippen LogP contribution in [0.15, 0.2) is 12.4 Å². The van der Waals surface area contributed by atoms with Gasteiger partial charge in [-0.25, -0.2) is 9.78 Å². The Morgan fingerprint density at radius 2 is 2.06 bits per heavy atom. The van der Waals surface area contributed by atoms with Crippen molar-refractivity contribution in [3.63, 3.8) is 0 Å². The van der Waals surface area contributed by atoms with Crippen molar-refractivity contribution in [1.29, 1.82) is 0 Å². The lowest BCUT2D eigenvalue weighted by Gasteiger charge is -2.36. The summed E-state index contributed by atoms with van der Waals surface area (Å²) in [6.45, 7) is 9.42. The number of carbonyl (C=O) groups is 2. The monoisotopic (exact) mass is 443 g/mol. The van der Waals surface area contributed by atoms with Gasteiger partial charge in [-0.2, -0.15) is 0 Å². The molecule has 1 saturated heterocycles. The van der Waals surface area contributed by atoms with Crippen LogP contribution in [0.3, 0.4) is 0 Å². The lowest BCUT2D eigenvalue weighted by atomic mass is 10.0. The van der Waals surface area contributed by atoms with Crippen LogP contribution < -0.4 is 20.3 Å². The molecule has 2 aliphatic rings. The Morgan fingerprint density at radius 3 is 2.75 bits per heavy atom. The van der Waals surface area contributed by atoms with Gasteiger partial charge in [-0.15, -0.1) is 0 Å². The first-order chi connectivity index (χ1) is 15.2. The molecule has 2 fully saturated rings. The van der Waals surface area contributed by atoms with Gasteiger partial charge in [0.05, 0.1) is 29.6 Å². The minimum absolute atomic E-state index is 0.0433. The number of anilines is 2. The molecule has 9 nitrogen and oxygen atoms in total. The average Bonchev–Trinajstić information content (AvgIpc) is 3.49. The minimum Gasteiger partial charge on any atom is -0.490 e. The van der Waals surface area contributed by atoms with E-state index in [4.69, 9.17) is 9.47 Å². The molecule has 174 valence electrons. The number of aromatic nitrogens is 2. The van der Waals surface area contributed by atoms with E-state index in [0.29, 0.717) is 30.2 Å². The Kier molecular flexibility index (Phi) is 6.17. The highest BCUT2D eigenvalue weighted by atomic mass is 16.6. The fraction of sp³-hybridized carbons (Fsp3) is 0.609. The normalized spacial score (nSPS) is 19.0. The number of ether oxygens (including phenoxy) is 2. The van der Waals surface area contributed by atoms with Crippen LogP contribution in [-0.4, -0.2) is 53.3 Å². The molecule has 1 atom stereocenters. The maximum absolute atomic E-state index is 12.5. The fourth-order valence-electron chi connectivity index (χ4n) is 4.09. The molecular formula is C23H33N5O4. The Labute approximate surface area is 188 Å². The van der Waals surface area contributed by atoms with Crippen LogP contribution in [0.4, 0.5) is 16.2 Å². The lowest BCUT2D eigenvalue weighted by Crippen LogP contribution is -2.49. The van der Waals surface area contributed by atoms with Crippen molar-refractivity contribution in [3.05, 3.63) is 12.4 Å². The molecule has 0 bridgehead atoms. The maximum atomic E-state index is 12.5. The van der Waals surface area contributed by atoms with Crippen molar-refractivity contribution in [2.75, 3.05) is 29.9 Å². The largest absolute Gasteiger partial charge is 0.490 e. The van der Waals surface area contributed by atoms with Crippen LogP contribution in [0.2, 0.25) is 0 Å². The number of alkyl carbamates (subject to hydrolysis) is 1. The average molecular weight is 444 g/mol. The first-order valence-corrected chi connectivity index (χ1v) is 11.4. The number of rotatable bonds is 6. The van der Waals surface area contributed by atoms with E-state index in [1.54, 1.807) is 12.4 Å². The summed E-state index contributed by atoms with van der Waals surface area (Å²) >= 11 is 0. The number of fused-ring (bicyclic) bond motifs is 1. The predicted octanol–water partition coefficient (Wildman–Crippen LogP) is 3.80. The van der Waals surface area contributed by atoms with Crippen molar-refractivity contribution in [2.45, 2.75) is 65.0 Å². The van der Waals surface area contributed by atoms with E-state index >= 15 is 0 Å². The molecule has 2 aromatic heterocycles. The molecule has 1 saturated carbocycles. The second kappa shape index (κ2) is 8.88. The van der Waals surface area contributed by atoms with Gasteiger partial charge in [-0.1, -0.05) is 0 Å². The number of aromatic amines is 1. The molecule has 2 aromatic rings. The van der Waals surface area contributed by atoms with Crippen LogP contribution in [0.5, 0.6) is 5.75 Å². The van der Waals surface area contributed by atoms with Crippen LogP contribution in [0.25, 0.3) is 11.0 Å². The first kappa shape index (κ1) is 22.2. The van der Waals surface area contributed by atoms with Crippen LogP contribution >= 0.6 is 0 Å². The summed E-state index contributed by atoms with van der Waals surface area (Å²) in [7, 11) is 0. The van der Waals surface area contributed by atoms with E-state index in [-0.39, 0.29) is 17.9 Å². The SMILES string of the molecule is CCOc1cnc2[nH]cc(NC(=O)C3CC3)c2c1N1CCC[C@@H](NC(=O)OC(C)(C)C)C1. The molecule has 0 radical (unpaired) electrons. The highest BCUT2D eigenvalue weighted by molar-refractivity contribution is 6.08. The number of carbonyl (C=O) groups excluding carboxylic acids is 2. The van der Waals surface area contributed by atoms with Crippen LogP contribution in [0, 0.1) is 5.92 Å². The smallest absolute Gasteiger partial charge is 0.407 e. The summed E-state index contributed by atoms with van der Waals surface area (Å²) in [5, 5.41) is 6.90. The molecule has 1 aliphatic heterocycles. The molecule has 3 N–H and O–H groups in total. The Hall–Kier alpha value is -2.97. The molecule has 0 unspecified atom stereocenters. The standard InChI is InChI=1S/C23H33N5O4/c1-5-31-17-12-25-20-18(16(11-24-20)27-21(29)14-8-9-14)19(17)28-10-6-7-15(13-28)26-22(30)32-23(2,3)4/h11-12,14-15H,5-10,13H2,1-4H3,(H,24,25)(H,26,30)(H,27,29)/t15-/m1/s1. The van der Waals surface area contributed by atoms with Gasteiger partial charge in [0.25, 0.3) is 0 Å². The molecular weight excluding hydrogens is 410 g/mol. The third-order valence-corrected chi connectivity index (χ3v) is 5.60. The van der Waals surface area contributed by atoms with Crippen molar-refractivity contribution >= 4 is 34.4 Å². The molecule has 1 aliphatic carbocycles. The van der Waals surface area contributed by atoms with Gasteiger partial charge in [-0.05, 0) is 53.4 Å². The molecule has 3 heterocycles. The number of pyridine rings is 1. The second-order valence-corrected chi connectivity index (χ2v) is 9.52. The van der Waals surface area contributed by atoms with Crippen LogP contribution in [0.1, 0.15) is 53.4 Å². The summed E-state index contributed by atoms with van der Waals surface area (Å²) in [6.07, 6.45) is 6.75. The minimum atomic E-state index is -0.544. The molecule has 4 rings (SSSR count). The summed E-state index contributed by atoms with van der Waals surface area (Å²) in [4.78, 5) is 34.7. The maximum Gasteiger partial charge on any atom is 0.407 e. The summed E-state index contributed by atoms with van der Waals surface area (Å²) < 4.78 is 11.4. The van der Waals surface area contributed by atoms with E-state index in [2.05, 4.69) is 25.5 Å². The molecule has 2 amide bonds. The van der Waals surface area contributed by atoms with E-state index in [9.17, 15) is 9.59 Å². The Morgan fingerprint density at radius 1 is 1.28 bits per heavy atom. The van der Waals surface area contributed by atoms with E-state index in [1.807, 2.05) is 27.7 Å². The zero-order valence-electron chi connectivity index (χ0n) is 19.3. The van der Waals surface area contributed by atoms with Gasteiger partial charge in [0, 0.05) is 31.2 Å². The van der Waals surface area contributed by atoms with E-state index in [0.717, 1.165) is 43.3 Å². The van der Waals surface area contributed by atoms with Gasteiger partial charge < -0.3 is 30.0 Å². The summed E-state index contributed by atoms with van der Waals surface area (Å²) in [5.74, 6) is 0.810. The molecule has 0 spiro atoms. The van der Waals surface area contributed by atoms with E-state index < -0.39 is 11.7 Å². The number of H-pyrrole nitrogens is 1. The van der Waals surface area contributed by atoms with Crippen molar-refractivity contribution in [2.24, 2.45) is 5.92 Å². The zero-order chi connectivity index (χ0) is 22.9. The first-order valence-electron chi connectivity index (χ1n) is 11.4. The zero-order valence-corrected chi connectivity index (χ0v) is 19.3. The Balaban J connectivity index is 1.62. The van der Waals surface area contributed by atoms with Crippen molar-refractivity contribution < 1.29 is 19.1 Å². The molecule has 32 heavy (non-hydrogen) atoms. The third kappa shape index (κ3) is 5.08. The number of nitrogens with zero attached hydrogens (tertiary/aromatic N) is 2. The van der Waals surface area contributed by atoms with Crippen LogP contribution in [-0.2, 0) is 9.53 Å². The van der Waals surface area contributed by atoms with Crippen molar-refractivity contribution in [1.82, 2.24) is 15.3 Å². The number of nitrogens with one attached hydrogen (secondary N) is 3. The summed E-state index contributed by atoms with van der Waals surface area (Å²) in [6, 6.07) is -0.0558. The number of piperidine rings is 1. The number of amides is 2. The fourth-order valence-corrected chi connectivity index (χ4v) is 4.09. The van der Waals surface area contributed by atoms with Gasteiger partial charge in [0.2, 0.25) is 5.91 Å². The third-order valence-electron chi connectivity index (χ3n) is 5.60. The molecule has 0 aromatic carbocycles. The van der Waals surface area contributed by atoms with Gasteiger partial charge >= 0.3 is 6.09 Å². The number of hydrogen-bond donors (Lipinski definition) is 3. The molecule has 9 heteroatoms. The Bertz CT molecular complexity index is 992. The number of hydrogen-bond acceptors (Lipinski definition) is 6. The second-order valence-electron chi connectivity index (χ2n) is 9.52. The van der Waals surface area contributed by atoms with Gasteiger partial charge in [-0.3, -0.25) is 4.79 Å². The topological polar surface area (TPSA) is 109 Å². The van der Waals surface area contributed by atoms with E-state index in [1.165, 1.54) is 0 Å². The predicted molar refractivity (Wildman–Crippen MR) is 123 cm³/mol.